The van der Waals surface area contributed by atoms with Gasteiger partial charge in [-0.1, -0.05) is 57.4 Å². The fourth-order valence-electron chi connectivity index (χ4n) is 3.17. The molecule has 1 aromatic rings. The van der Waals surface area contributed by atoms with E-state index < -0.39 is 0 Å². The summed E-state index contributed by atoms with van der Waals surface area (Å²) in [6.07, 6.45) is 8.35. The molecule has 0 spiro atoms. The highest BCUT2D eigenvalue weighted by Crippen LogP contribution is 2.31. The third kappa shape index (κ3) is 5.67. The quantitative estimate of drug-likeness (QED) is 0.742. The van der Waals surface area contributed by atoms with Gasteiger partial charge in [-0.05, 0) is 43.4 Å². The summed E-state index contributed by atoms with van der Waals surface area (Å²) in [5.41, 5.74) is 2.90. The molecule has 2 rings (SSSR count). The molecule has 1 atom stereocenters. The highest BCUT2D eigenvalue weighted by Gasteiger charge is 2.17. The van der Waals surface area contributed by atoms with E-state index >= 15 is 0 Å². The molecule has 0 bridgehead atoms. The van der Waals surface area contributed by atoms with E-state index in [0.717, 1.165) is 11.2 Å². The van der Waals surface area contributed by atoms with Crippen molar-refractivity contribution in [2.75, 3.05) is 12.8 Å². The first-order valence-corrected chi connectivity index (χ1v) is 9.61. The Morgan fingerprint density at radius 3 is 2.33 bits per heavy atom. The third-order valence-corrected chi connectivity index (χ3v) is 5.89. The van der Waals surface area contributed by atoms with Crippen molar-refractivity contribution in [2.24, 2.45) is 5.92 Å². The van der Waals surface area contributed by atoms with Gasteiger partial charge in [0.25, 0.3) is 0 Å². The predicted octanol–water partition coefficient (Wildman–Crippen LogP) is 5.21. The monoisotopic (exact) mass is 305 g/mol. The van der Waals surface area contributed by atoms with Crippen LogP contribution >= 0.6 is 11.8 Å². The van der Waals surface area contributed by atoms with Gasteiger partial charge in [0.05, 0.1) is 0 Å². The van der Waals surface area contributed by atoms with Crippen LogP contribution in [0.1, 0.15) is 63.1 Å². The van der Waals surface area contributed by atoms with Crippen LogP contribution in [0.25, 0.3) is 0 Å². The van der Waals surface area contributed by atoms with E-state index in [9.17, 15) is 0 Å². The van der Waals surface area contributed by atoms with Crippen LogP contribution in [-0.2, 0) is 6.42 Å². The second-order valence-electron chi connectivity index (χ2n) is 6.77. The summed E-state index contributed by atoms with van der Waals surface area (Å²) in [7, 11) is 2.09. The smallest absolute Gasteiger partial charge is 0.0409 e. The van der Waals surface area contributed by atoms with Crippen LogP contribution in [0.5, 0.6) is 0 Å². The predicted molar refractivity (Wildman–Crippen MR) is 96.1 cm³/mol. The first-order valence-electron chi connectivity index (χ1n) is 8.56. The van der Waals surface area contributed by atoms with Crippen LogP contribution in [0.3, 0.4) is 0 Å². The average Bonchev–Trinajstić information content (AvgIpc) is 2.50. The maximum absolute atomic E-state index is 3.50. The first kappa shape index (κ1) is 16.9. The van der Waals surface area contributed by atoms with E-state index in [2.05, 4.69) is 62.2 Å². The Morgan fingerprint density at radius 1 is 1.10 bits per heavy atom. The van der Waals surface area contributed by atoms with Crippen molar-refractivity contribution < 1.29 is 0 Å². The van der Waals surface area contributed by atoms with Crippen molar-refractivity contribution >= 4 is 11.8 Å². The van der Waals surface area contributed by atoms with Crippen LogP contribution in [0.2, 0.25) is 0 Å². The van der Waals surface area contributed by atoms with E-state index in [1.807, 2.05) is 0 Å². The first-order chi connectivity index (χ1) is 10.2. The van der Waals surface area contributed by atoms with Gasteiger partial charge in [0.1, 0.15) is 0 Å². The highest BCUT2D eigenvalue weighted by molar-refractivity contribution is 7.99. The molecule has 1 aliphatic carbocycles. The average molecular weight is 306 g/mol. The lowest BCUT2D eigenvalue weighted by molar-refractivity contribution is 0.514. The van der Waals surface area contributed by atoms with E-state index in [4.69, 9.17) is 0 Å². The minimum absolute atomic E-state index is 0.491. The minimum Gasteiger partial charge on any atom is -0.312 e. The number of thioether (sulfide) groups is 1. The standard InChI is InChI=1S/C19H31NS/c1-15(2)13-16-9-11-17(12-10-16)19(20-3)14-21-18-7-5-4-6-8-18/h9-12,15,18-20H,4-8,13-14H2,1-3H3. The Labute approximate surface area is 135 Å². The molecule has 1 saturated carbocycles. The van der Waals surface area contributed by atoms with E-state index in [1.54, 1.807) is 0 Å². The molecule has 1 fully saturated rings. The van der Waals surface area contributed by atoms with Gasteiger partial charge in [0.15, 0.2) is 0 Å². The number of hydrogen-bond acceptors (Lipinski definition) is 2. The van der Waals surface area contributed by atoms with Crippen LogP contribution in [0, 0.1) is 5.92 Å². The van der Waals surface area contributed by atoms with Crippen molar-refractivity contribution in [2.45, 2.75) is 63.7 Å². The number of hydrogen-bond donors (Lipinski definition) is 1. The number of rotatable bonds is 7. The molecule has 0 radical (unpaired) electrons. The topological polar surface area (TPSA) is 12.0 Å². The number of nitrogens with one attached hydrogen (secondary N) is 1. The lowest BCUT2D eigenvalue weighted by Gasteiger charge is -2.24. The van der Waals surface area contributed by atoms with Gasteiger partial charge in [0, 0.05) is 17.0 Å². The molecule has 1 aliphatic rings. The summed E-state index contributed by atoms with van der Waals surface area (Å²) in [6, 6.07) is 9.75. The largest absolute Gasteiger partial charge is 0.312 e. The highest BCUT2D eigenvalue weighted by atomic mass is 32.2. The molecular weight excluding hydrogens is 274 g/mol. The molecule has 0 saturated heterocycles. The van der Waals surface area contributed by atoms with Crippen LogP contribution in [-0.4, -0.2) is 18.1 Å². The Kier molecular flexibility index (Phi) is 7.12. The molecule has 1 unspecified atom stereocenters. The Balaban J connectivity index is 1.87. The van der Waals surface area contributed by atoms with Gasteiger partial charge in [-0.15, -0.1) is 0 Å². The molecule has 1 nitrogen and oxygen atoms in total. The van der Waals surface area contributed by atoms with Crippen molar-refractivity contribution in [1.82, 2.24) is 5.32 Å². The van der Waals surface area contributed by atoms with Crippen LogP contribution in [0.4, 0.5) is 0 Å². The maximum atomic E-state index is 3.50. The van der Waals surface area contributed by atoms with Crippen LogP contribution in [0.15, 0.2) is 24.3 Å². The summed E-state index contributed by atoms with van der Waals surface area (Å²) in [6.45, 7) is 4.57. The molecule has 1 N–H and O–H groups in total. The zero-order valence-electron chi connectivity index (χ0n) is 13.9. The lowest BCUT2D eigenvalue weighted by Crippen LogP contribution is -2.21. The molecule has 1 aromatic carbocycles. The van der Waals surface area contributed by atoms with E-state index in [0.29, 0.717) is 6.04 Å². The summed E-state index contributed by atoms with van der Waals surface area (Å²) in [4.78, 5) is 0. The van der Waals surface area contributed by atoms with E-state index in [-0.39, 0.29) is 0 Å². The maximum Gasteiger partial charge on any atom is 0.0409 e. The van der Waals surface area contributed by atoms with E-state index in [1.165, 1.54) is 55.4 Å². The van der Waals surface area contributed by atoms with Crippen molar-refractivity contribution in [1.29, 1.82) is 0 Å². The fourth-order valence-corrected chi connectivity index (χ4v) is 4.66. The normalized spacial score (nSPS) is 18.1. The summed E-state index contributed by atoms with van der Waals surface area (Å²) in [5, 5.41) is 4.40. The molecule has 21 heavy (non-hydrogen) atoms. The zero-order valence-corrected chi connectivity index (χ0v) is 14.7. The molecule has 0 amide bonds. The van der Waals surface area contributed by atoms with Gasteiger partial charge in [-0.2, -0.15) is 11.8 Å². The van der Waals surface area contributed by atoms with Crippen molar-refractivity contribution in [3.63, 3.8) is 0 Å². The fraction of sp³-hybridized carbons (Fsp3) is 0.684. The Bertz CT molecular complexity index is 393. The number of benzene rings is 1. The van der Waals surface area contributed by atoms with Gasteiger partial charge in [-0.25, -0.2) is 0 Å². The minimum atomic E-state index is 0.491. The van der Waals surface area contributed by atoms with Crippen LogP contribution < -0.4 is 5.32 Å². The van der Waals surface area contributed by atoms with Gasteiger partial charge < -0.3 is 5.32 Å². The van der Waals surface area contributed by atoms with Gasteiger partial charge in [0.2, 0.25) is 0 Å². The molecular formula is C19H31NS. The lowest BCUT2D eigenvalue weighted by atomic mass is 10.00. The molecule has 0 aliphatic heterocycles. The SMILES string of the molecule is CNC(CSC1CCCCC1)c1ccc(CC(C)C)cc1. The second kappa shape index (κ2) is 8.85. The summed E-state index contributed by atoms with van der Waals surface area (Å²) < 4.78 is 0. The van der Waals surface area contributed by atoms with Gasteiger partial charge >= 0.3 is 0 Å². The summed E-state index contributed by atoms with van der Waals surface area (Å²) in [5.74, 6) is 1.93. The third-order valence-electron chi connectivity index (χ3n) is 4.43. The zero-order chi connectivity index (χ0) is 15.1. The Hall–Kier alpha value is -0.470. The second-order valence-corrected chi connectivity index (χ2v) is 8.11. The van der Waals surface area contributed by atoms with Gasteiger partial charge in [-0.3, -0.25) is 0 Å². The van der Waals surface area contributed by atoms with Crippen molar-refractivity contribution in [3.8, 4) is 0 Å². The molecule has 0 aromatic heterocycles. The Morgan fingerprint density at radius 2 is 1.76 bits per heavy atom. The molecule has 118 valence electrons. The molecule has 0 heterocycles. The van der Waals surface area contributed by atoms with Crippen molar-refractivity contribution in [3.05, 3.63) is 35.4 Å². The molecule has 2 heteroatoms. The summed E-state index contributed by atoms with van der Waals surface area (Å²) >= 11 is 2.18.